The van der Waals surface area contributed by atoms with Crippen LogP contribution < -0.4 is 14.8 Å². The van der Waals surface area contributed by atoms with Gasteiger partial charge in [-0.05, 0) is 47.7 Å². The molecule has 0 spiro atoms. The van der Waals surface area contributed by atoms with Crippen molar-refractivity contribution in [2.24, 2.45) is 0 Å². The highest BCUT2D eigenvalue weighted by atomic mass is 32.2. The van der Waals surface area contributed by atoms with Crippen LogP contribution in [-0.2, 0) is 4.79 Å². The Labute approximate surface area is 140 Å². The Morgan fingerprint density at radius 1 is 1.25 bits per heavy atom. The smallest absolute Gasteiger partial charge is 0.379 e. The van der Waals surface area contributed by atoms with Crippen LogP contribution in [0.3, 0.4) is 0 Å². The third kappa shape index (κ3) is 3.33. The van der Waals surface area contributed by atoms with Gasteiger partial charge in [-0.3, -0.25) is 14.9 Å². The summed E-state index contributed by atoms with van der Waals surface area (Å²) >= 11 is 0.818. The number of carbonyl (C=O) groups is 3. The molecule has 2 heterocycles. The van der Waals surface area contributed by atoms with Gasteiger partial charge in [0.25, 0.3) is 11.1 Å². The van der Waals surface area contributed by atoms with E-state index in [0.717, 1.165) is 11.8 Å². The summed E-state index contributed by atoms with van der Waals surface area (Å²) in [6.45, 7) is 0. The summed E-state index contributed by atoms with van der Waals surface area (Å²) in [5, 5.41) is 1.76. The van der Waals surface area contributed by atoms with E-state index < -0.39 is 17.1 Å². The summed E-state index contributed by atoms with van der Waals surface area (Å²) in [5.74, 6) is -0.515. The second-order valence-electron chi connectivity index (χ2n) is 4.63. The first kappa shape index (κ1) is 15.9. The van der Waals surface area contributed by atoms with Gasteiger partial charge in [0.05, 0.1) is 18.3 Å². The van der Waals surface area contributed by atoms with Gasteiger partial charge in [-0.15, -0.1) is 0 Å². The van der Waals surface area contributed by atoms with E-state index in [1.165, 1.54) is 25.5 Å². The lowest BCUT2D eigenvalue weighted by atomic mass is 10.2. The molecule has 3 rings (SSSR count). The monoisotopic (exact) mass is 345 g/mol. The Bertz CT molecular complexity index is 840. The molecule has 1 N–H and O–H groups in total. The Hall–Kier alpha value is -3.00. The second-order valence-corrected chi connectivity index (χ2v) is 5.64. The van der Waals surface area contributed by atoms with Crippen molar-refractivity contribution >= 4 is 35.0 Å². The van der Waals surface area contributed by atoms with Crippen LogP contribution >= 0.6 is 11.8 Å². The van der Waals surface area contributed by atoms with Gasteiger partial charge in [-0.1, -0.05) is 6.07 Å². The summed E-state index contributed by atoms with van der Waals surface area (Å²) < 4.78 is 15.4. The van der Waals surface area contributed by atoms with Crippen molar-refractivity contribution in [2.45, 2.75) is 0 Å². The molecule has 8 heteroatoms. The van der Waals surface area contributed by atoms with Crippen LogP contribution in [0, 0.1) is 0 Å². The number of amides is 2. The molecule has 1 aliphatic heterocycles. The number of esters is 1. The maximum Gasteiger partial charge on any atom is 0.379 e. The highest BCUT2D eigenvalue weighted by molar-refractivity contribution is 8.18. The van der Waals surface area contributed by atoms with Crippen molar-refractivity contribution in [3.05, 3.63) is 52.8 Å². The molecule has 7 nitrogen and oxygen atoms in total. The van der Waals surface area contributed by atoms with Crippen LogP contribution in [0.5, 0.6) is 11.5 Å². The van der Waals surface area contributed by atoms with Crippen molar-refractivity contribution < 1.29 is 28.3 Å². The number of furan rings is 1. The quantitative estimate of drug-likeness (QED) is 0.517. The molecular formula is C16H11NO6S. The lowest BCUT2D eigenvalue weighted by Gasteiger charge is -2.09. The Balaban J connectivity index is 1.83. The van der Waals surface area contributed by atoms with E-state index in [2.05, 4.69) is 5.32 Å². The molecule has 24 heavy (non-hydrogen) atoms. The van der Waals surface area contributed by atoms with Crippen LogP contribution in [0.2, 0.25) is 0 Å². The molecule has 1 aromatic heterocycles. The van der Waals surface area contributed by atoms with Crippen molar-refractivity contribution in [2.75, 3.05) is 7.11 Å². The zero-order chi connectivity index (χ0) is 17.1. The largest absolute Gasteiger partial charge is 0.493 e. The highest BCUT2D eigenvalue weighted by Crippen LogP contribution is 2.32. The lowest BCUT2D eigenvalue weighted by Crippen LogP contribution is -2.17. The first-order valence-corrected chi connectivity index (χ1v) is 7.57. The van der Waals surface area contributed by atoms with Gasteiger partial charge in [0, 0.05) is 0 Å². The van der Waals surface area contributed by atoms with Crippen molar-refractivity contribution in [1.82, 2.24) is 5.32 Å². The molecule has 0 bridgehead atoms. The fourth-order valence-corrected chi connectivity index (χ4v) is 2.66. The molecule has 0 unspecified atom stereocenters. The number of thioether (sulfide) groups is 1. The third-order valence-electron chi connectivity index (χ3n) is 3.05. The van der Waals surface area contributed by atoms with Crippen molar-refractivity contribution in [3.63, 3.8) is 0 Å². The first-order chi connectivity index (χ1) is 11.6. The minimum absolute atomic E-state index is 0.0702. The van der Waals surface area contributed by atoms with E-state index in [0.29, 0.717) is 11.3 Å². The first-order valence-electron chi connectivity index (χ1n) is 6.75. The summed E-state index contributed by atoms with van der Waals surface area (Å²) in [6, 6.07) is 7.83. The van der Waals surface area contributed by atoms with Crippen molar-refractivity contribution in [3.8, 4) is 11.5 Å². The minimum Gasteiger partial charge on any atom is -0.493 e. The summed E-state index contributed by atoms with van der Waals surface area (Å²) in [7, 11) is 1.43. The topological polar surface area (TPSA) is 94.8 Å². The molecule has 122 valence electrons. The number of hydrogen-bond donors (Lipinski definition) is 1. The molecular weight excluding hydrogens is 334 g/mol. The lowest BCUT2D eigenvalue weighted by molar-refractivity contribution is -0.115. The molecule has 0 saturated carbocycles. The number of nitrogens with one attached hydrogen (secondary N) is 1. The zero-order valence-electron chi connectivity index (χ0n) is 12.4. The van der Waals surface area contributed by atoms with Gasteiger partial charge in [0.2, 0.25) is 5.76 Å². The van der Waals surface area contributed by atoms with Crippen LogP contribution in [0.15, 0.2) is 45.9 Å². The standard InChI is InChI=1S/C16H11NO6S/c1-21-12-7-9(8-13-14(18)17-16(20)24-13)4-5-10(12)23-15(19)11-3-2-6-22-11/h2-8H,1H3,(H,17,18,20)/b13-8-. The normalized spacial score (nSPS) is 15.5. The predicted octanol–water partition coefficient (Wildman–Crippen LogP) is 2.83. The minimum atomic E-state index is -0.652. The maximum atomic E-state index is 11.9. The van der Waals surface area contributed by atoms with Gasteiger partial charge in [-0.2, -0.15) is 0 Å². The van der Waals surface area contributed by atoms with Gasteiger partial charge in [-0.25, -0.2) is 4.79 Å². The van der Waals surface area contributed by atoms with Gasteiger partial charge in [0.15, 0.2) is 11.5 Å². The highest BCUT2D eigenvalue weighted by Gasteiger charge is 2.25. The molecule has 2 aromatic rings. The average molecular weight is 345 g/mol. The van der Waals surface area contributed by atoms with E-state index >= 15 is 0 Å². The third-order valence-corrected chi connectivity index (χ3v) is 3.86. The van der Waals surface area contributed by atoms with Crippen LogP contribution in [0.4, 0.5) is 4.79 Å². The second kappa shape index (κ2) is 6.63. The summed E-state index contributed by atoms with van der Waals surface area (Å²) in [4.78, 5) is 34.9. The zero-order valence-corrected chi connectivity index (χ0v) is 13.2. The van der Waals surface area contributed by atoms with Crippen LogP contribution in [0.1, 0.15) is 16.1 Å². The molecule has 1 saturated heterocycles. The number of hydrogen-bond acceptors (Lipinski definition) is 7. The van der Waals surface area contributed by atoms with E-state index in [1.807, 2.05) is 0 Å². The van der Waals surface area contributed by atoms with Crippen LogP contribution in [0.25, 0.3) is 6.08 Å². The maximum absolute atomic E-state index is 11.9. The van der Waals surface area contributed by atoms with Crippen LogP contribution in [-0.4, -0.2) is 24.2 Å². The number of imide groups is 1. The van der Waals surface area contributed by atoms with Gasteiger partial charge >= 0.3 is 5.97 Å². The van der Waals surface area contributed by atoms with E-state index in [-0.39, 0.29) is 16.4 Å². The molecule has 1 aliphatic rings. The molecule has 0 aliphatic carbocycles. The number of rotatable bonds is 4. The molecule has 0 atom stereocenters. The summed E-state index contributed by atoms with van der Waals surface area (Å²) in [6.07, 6.45) is 2.92. The van der Waals surface area contributed by atoms with Gasteiger partial charge < -0.3 is 13.9 Å². The molecule has 1 fully saturated rings. The Morgan fingerprint density at radius 2 is 2.08 bits per heavy atom. The molecule has 1 aromatic carbocycles. The summed E-state index contributed by atoms with van der Waals surface area (Å²) in [5.41, 5.74) is 0.622. The fourth-order valence-electron chi connectivity index (χ4n) is 1.98. The fraction of sp³-hybridized carbons (Fsp3) is 0.0625. The Morgan fingerprint density at radius 3 is 2.71 bits per heavy atom. The van der Waals surface area contributed by atoms with E-state index in [4.69, 9.17) is 13.9 Å². The SMILES string of the molecule is COc1cc(/C=C2\SC(=O)NC2=O)ccc1OC(=O)c1ccco1. The molecule has 0 radical (unpaired) electrons. The number of benzene rings is 1. The predicted molar refractivity (Wildman–Crippen MR) is 85.8 cm³/mol. The Kier molecular flexibility index (Phi) is 4.39. The number of ether oxygens (including phenoxy) is 2. The van der Waals surface area contributed by atoms with E-state index in [1.54, 1.807) is 24.3 Å². The molecule has 2 amide bonds. The number of carbonyl (C=O) groups excluding carboxylic acids is 3. The van der Waals surface area contributed by atoms with Gasteiger partial charge in [0.1, 0.15) is 0 Å². The number of methoxy groups -OCH3 is 1. The average Bonchev–Trinajstić information content (AvgIpc) is 3.19. The van der Waals surface area contributed by atoms with Crippen molar-refractivity contribution in [1.29, 1.82) is 0 Å². The van der Waals surface area contributed by atoms with E-state index in [9.17, 15) is 14.4 Å².